The summed E-state index contributed by atoms with van der Waals surface area (Å²) in [7, 11) is 1.45. The maximum atomic E-state index is 12.9. The van der Waals surface area contributed by atoms with Gasteiger partial charge in [0.2, 0.25) is 0 Å². The number of hydrogen-bond acceptors (Lipinski definition) is 3. The molecule has 0 spiro atoms. The molecule has 1 aromatic carbocycles. The SMILES string of the molecule is Cn1c(C=O)nc2cc(F)ccc2c1=O. The second-order valence-corrected chi connectivity index (χ2v) is 3.11. The zero-order valence-electron chi connectivity index (χ0n) is 7.90. The molecule has 2 aromatic rings. The van der Waals surface area contributed by atoms with Crippen molar-refractivity contribution in [1.29, 1.82) is 0 Å². The number of rotatable bonds is 1. The first kappa shape index (κ1) is 9.51. The molecule has 0 aliphatic rings. The Morgan fingerprint density at radius 2 is 2.20 bits per heavy atom. The van der Waals surface area contributed by atoms with Gasteiger partial charge >= 0.3 is 0 Å². The molecule has 0 aliphatic heterocycles. The molecule has 0 saturated carbocycles. The molecular formula is C10H7FN2O2. The van der Waals surface area contributed by atoms with Gasteiger partial charge in [0, 0.05) is 13.1 Å². The summed E-state index contributed by atoms with van der Waals surface area (Å²) < 4.78 is 14.0. The van der Waals surface area contributed by atoms with E-state index in [9.17, 15) is 14.0 Å². The summed E-state index contributed by atoms with van der Waals surface area (Å²) in [5, 5.41) is 0.296. The summed E-state index contributed by atoms with van der Waals surface area (Å²) in [6, 6.07) is 3.67. The maximum absolute atomic E-state index is 12.9. The highest BCUT2D eigenvalue weighted by Crippen LogP contribution is 2.09. The molecule has 0 radical (unpaired) electrons. The van der Waals surface area contributed by atoms with E-state index in [-0.39, 0.29) is 16.9 Å². The number of benzene rings is 1. The fourth-order valence-electron chi connectivity index (χ4n) is 1.37. The number of hydrogen-bond donors (Lipinski definition) is 0. The van der Waals surface area contributed by atoms with E-state index in [4.69, 9.17) is 0 Å². The fourth-order valence-corrected chi connectivity index (χ4v) is 1.37. The van der Waals surface area contributed by atoms with Crippen LogP contribution in [0.2, 0.25) is 0 Å². The molecule has 15 heavy (non-hydrogen) atoms. The average molecular weight is 206 g/mol. The van der Waals surface area contributed by atoms with Crippen molar-refractivity contribution in [1.82, 2.24) is 9.55 Å². The Morgan fingerprint density at radius 3 is 2.87 bits per heavy atom. The van der Waals surface area contributed by atoms with Gasteiger partial charge in [-0.1, -0.05) is 0 Å². The van der Waals surface area contributed by atoms with Crippen LogP contribution in [0.3, 0.4) is 0 Å². The van der Waals surface area contributed by atoms with E-state index in [1.165, 1.54) is 19.2 Å². The second-order valence-electron chi connectivity index (χ2n) is 3.11. The van der Waals surface area contributed by atoms with Gasteiger partial charge in [-0.25, -0.2) is 9.37 Å². The van der Waals surface area contributed by atoms with Gasteiger partial charge in [0.25, 0.3) is 5.56 Å². The van der Waals surface area contributed by atoms with Crippen molar-refractivity contribution in [3.05, 3.63) is 40.2 Å². The largest absolute Gasteiger partial charge is 0.294 e. The molecule has 0 aliphatic carbocycles. The first-order valence-corrected chi connectivity index (χ1v) is 4.25. The highest BCUT2D eigenvalue weighted by atomic mass is 19.1. The average Bonchev–Trinajstić information content (AvgIpc) is 2.23. The number of fused-ring (bicyclic) bond motifs is 1. The van der Waals surface area contributed by atoms with Crippen LogP contribution in [0.4, 0.5) is 4.39 Å². The van der Waals surface area contributed by atoms with Crippen molar-refractivity contribution >= 4 is 17.2 Å². The Labute approximate surface area is 84.0 Å². The van der Waals surface area contributed by atoms with E-state index in [2.05, 4.69) is 4.98 Å². The van der Waals surface area contributed by atoms with Gasteiger partial charge in [0.1, 0.15) is 5.82 Å². The van der Waals surface area contributed by atoms with Crippen molar-refractivity contribution in [2.45, 2.75) is 0 Å². The van der Waals surface area contributed by atoms with Crippen LogP contribution >= 0.6 is 0 Å². The van der Waals surface area contributed by atoms with E-state index >= 15 is 0 Å². The smallest absolute Gasteiger partial charge is 0.261 e. The van der Waals surface area contributed by atoms with Gasteiger partial charge in [-0.3, -0.25) is 14.2 Å². The maximum Gasteiger partial charge on any atom is 0.261 e. The van der Waals surface area contributed by atoms with E-state index in [0.29, 0.717) is 11.7 Å². The Hall–Kier alpha value is -2.04. The molecule has 2 rings (SSSR count). The van der Waals surface area contributed by atoms with E-state index in [1.807, 2.05) is 0 Å². The van der Waals surface area contributed by atoms with Crippen LogP contribution < -0.4 is 5.56 Å². The van der Waals surface area contributed by atoms with Crippen molar-refractivity contribution in [3.63, 3.8) is 0 Å². The van der Waals surface area contributed by atoms with Gasteiger partial charge in [0.05, 0.1) is 10.9 Å². The number of carbonyl (C=O) groups is 1. The van der Waals surface area contributed by atoms with Gasteiger partial charge in [-0.2, -0.15) is 0 Å². The van der Waals surface area contributed by atoms with E-state index in [1.54, 1.807) is 0 Å². The zero-order chi connectivity index (χ0) is 11.0. The molecule has 0 unspecified atom stereocenters. The molecule has 0 N–H and O–H groups in total. The van der Waals surface area contributed by atoms with E-state index < -0.39 is 5.82 Å². The van der Waals surface area contributed by atoms with Gasteiger partial charge in [0.15, 0.2) is 12.1 Å². The third kappa shape index (κ3) is 1.41. The van der Waals surface area contributed by atoms with Crippen LogP contribution in [0.25, 0.3) is 10.9 Å². The Kier molecular flexibility index (Phi) is 2.07. The van der Waals surface area contributed by atoms with Crippen molar-refractivity contribution in [3.8, 4) is 0 Å². The summed E-state index contributed by atoms with van der Waals surface area (Å²) in [5.74, 6) is -0.502. The van der Waals surface area contributed by atoms with Crippen molar-refractivity contribution in [2.75, 3.05) is 0 Å². The number of nitrogens with zero attached hydrogens (tertiary/aromatic N) is 2. The molecule has 0 atom stereocenters. The van der Waals surface area contributed by atoms with Crippen LogP contribution in [0, 0.1) is 5.82 Å². The van der Waals surface area contributed by atoms with Gasteiger partial charge in [-0.15, -0.1) is 0 Å². The number of aldehydes is 1. The Bertz CT molecular complexity index is 604. The van der Waals surface area contributed by atoms with Crippen LogP contribution in [-0.4, -0.2) is 15.8 Å². The van der Waals surface area contributed by atoms with Gasteiger partial charge < -0.3 is 0 Å². The number of carbonyl (C=O) groups excluding carboxylic acids is 1. The molecule has 0 bridgehead atoms. The monoisotopic (exact) mass is 206 g/mol. The minimum absolute atomic E-state index is 0.0156. The highest BCUT2D eigenvalue weighted by molar-refractivity contribution is 5.81. The minimum Gasteiger partial charge on any atom is -0.294 e. The van der Waals surface area contributed by atoms with E-state index in [0.717, 1.165) is 10.6 Å². The molecule has 0 saturated heterocycles. The summed E-state index contributed by atoms with van der Waals surface area (Å²) in [6.07, 6.45) is 0.464. The zero-order valence-corrected chi connectivity index (χ0v) is 7.90. The predicted molar refractivity (Wildman–Crippen MR) is 52.3 cm³/mol. The highest BCUT2D eigenvalue weighted by Gasteiger charge is 2.07. The molecule has 0 fully saturated rings. The summed E-state index contributed by atoms with van der Waals surface area (Å²) in [6.45, 7) is 0. The normalized spacial score (nSPS) is 10.5. The van der Waals surface area contributed by atoms with Crippen molar-refractivity contribution in [2.24, 2.45) is 7.05 Å². The lowest BCUT2D eigenvalue weighted by atomic mass is 10.2. The predicted octanol–water partition coefficient (Wildman–Crippen LogP) is 0.885. The minimum atomic E-state index is -0.486. The fraction of sp³-hybridized carbons (Fsp3) is 0.100. The quantitative estimate of drug-likeness (QED) is 0.651. The second kappa shape index (κ2) is 3.27. The lowest BCUT2D eigenvalue weighted by Crippen LogP contribution is -2.22. The molecular weight excluding hydrogens is 199 g/mol. The van der Waals surface area contributed by atoms with Crippen LogP contribution in [0.15, 0.2) is 23.0 Å². The van der Waals surface area contributed by atoms with Crippen molar-refractivity contribution < 1.29 is 9.18 Å². The Morgan fingerprint density at radius 1 is 1.47 bits per heavy atom. The van der Waals surface area contributed by atoms with Crippen LogP contribution in [0.5, 0.6) is 0 Å². The van der Waals surface area contributed by atoms with Crippen LogP contribution in [0.1, 0.15) is 10.6 Å². The first-order chi connectivity index (χ1) is 7.13. The summed E-state index contributed by atoms with van der Waals surface area (Å²) in [4.78, 5) is 26.1. The van der Waals surface area contributed by atoms with Gasteiger partial charge in [-0.05, 0) is 12.1 Å². The molecule has 1 aromatic heterocycles. The number of halogens is 1. The molecule has 5 heteroatoms. The number of aromatic nitrogens is 2. The lowest BCUT2D eigenvalue weighted by Gasteiger charge is -2.03. The molecule has 0 amide bonds. The van der Waals surface area contributed by atoms with Crippen LogP contribution in [-0.2, 0) is 7.05 Å². The Balaban J connectivity index is 2.97. The molecule has 4 nitrogen and oxygen atoms in total. The summed E-state index contributed by atoms with van der Waals surface area (Å²) in [5.41, 5.74) is -0.165. The molecule has 76 valence electrons. The lowest BCUT2D eigenvalue weighted by molar-refractivity contribution is 0.111. The summed E-state index contributed by atoms with van der Waals surface area (Å²) >= 11 is 0. The topological polar surface area (TPSA) is 52.0 Å². The molecule has 1 heterocycles. The third-order valence-corrected chi connectivity index (χ3v) is 2.18. The first-order valence-electron chi connectivity index (χ1n) is 4.25. The third-order valence-electron chi connectivity index (χ3n) is 2.18. The standard InChI is InChI=1S/C10H7FN2O2/c1-13-9(5-14)12-8-4-6(11)2-3-7(8)10(13)15/h2-5H,1H3.